The second-order valence-electron chi connectivity index (χ2n) is 9.64. The zero-order chi connectivity index (χ0) is 28.4. The molecule has 10 heteroatoms. The van der Waals surface area contributed by atoms with Crippen molar-refractivity contribution >= 4 is 23.3 Å². The average Bonchev–Trinajstić information content (AvgIpc) is 2.88. The lowest BCUT2D eigenvalue weighted by Crippen LogP contribution is -2.20. The molecule has 7 nitrogen and oxygen atoms in total. The number of nitriles is 1. The summed E-state index contributed by atoms with van der Waals surface area (Å²) in [6, 6.07) is 17.8. The minimum absolute atomic E-state index is 0.0961. The lowest BCUT2D eigenvalue weighted by atomic mass is 9.87. The highest BCUT2D eigenvalue weighted by Crippen LogP contribution is 2.31. The third-order valence-electron chi connectivity index (χ3n) is 5.77. The summed E-state index contributed by atoms with van der Waals surface area (Å²) in [7, 11) is 0. The summed E-state index contributed by atoms with van der Waals surface area (Å²) in [5.41, 5.74) is -1.23. The normalized spacial score (nSPS) is 12.2. The van der Waals surface area contributed by atoms with Gasteiger partial charge < -0.3 is 10.1 Å². The van der Waals surface area contributed by atoms with Gasteiger partial charge >= 0.3 is 6.18 Å². The third-order valence-corrected chi connectivity index (χ3v) is 5.77. The minimum Gasteiger partial charge on any atom is -0.438 e. The molecule has 0 spiro atoms. The maximum Gasteiger partial charge on any atom is 0.416 e. The number of carbonyl (C=O) groups excluding carboxylic acids is 1. The van der Waals surface area contributed by atoms with E-state index in [1.54, 1.807) is 36.4 Å². The molecule has 2 aromatic heterocycles. The van der Waals surface area contributed by atoms with Crippen LogP contribution in [-0.4, -0.2) is 15.3 Å². The fourth-order valence-electron chi connectivity index (χ4n) is 3.68. The summed E-state index contributed by atoms with van der Waals surface area (Å²) < 4.78 is 46.3. The first kappa shape index (κ1) is 27.1. The van der Waals surface area contributed by atoms with E-state index in [0.717, 1.165) is 29.8 Å². The molecule has 4 rings (SSSR count). The highest BCUT2D eigenvalue weighted by atomic mass is 19.4. The molecule has 2 aromatic carbocycles. The Morgan fingerprint density at radius 3 is 2.38 bits per heavy atom. The van der Waals surface area contributed by atoms with Gasteiger partial charge in [-0.3, -0.25) is 14.0 Å². The molecule has 0 aliphatic heterocycles. The molecule has 0 atom stereocenters. The number of benzene rings is 2. The Morgan fingerprint density at radius 2 is 1.74 bits per heavy atom. The Labute approximate surface area is 221 Å². The number of aromatic nitrogens is 2. The number of ether oxygens (including phenoxy) is 1. The predicted octanol–water partition coefficient (Wildman–Crippen LogP) is 6.35. The number of amides is 1. The maximum atomic E-state index is 13.3. The first-order valence-corrected chi connectivity index (χ1v) is 11.8. The van der Waals surface area contributed by atoms with Crippen molar-refractivity contribution in [2.24, 2.45) is 0 Å². The van der Waals surface area contributed by atoms with Gasteiger partial charge in [0.05, 0.1) is 5.56 Å². The Bertz CT molecular complexity index is 1680. The van der Waals surface area contributed by atoms with E-state index < -0.39 is 28.8 Å². The molecule has 198 valence electrons. The van der Waals surface area contributed by atoms with Gasteiger partial charge in [-0.25, -0.2) is 0 Å². The van der Waals surface area contributed by atoms with Crippen molar-refractivity contribution in [3.8, 4) is 17.7 Å². The van der Waals surface area contributed by atoms with Crippen molar-refractivity contribution in [1.82, 2.24) is 9.38 Å². The first-order valence-electron chi connectivity index (χ1n) is 11.8. The van der Waals surface area contributed by atoms with Crippen LogP contribution in [0.1, 0.15) is 37.5 Å². The Morgan fingerprint density at radius 1 is 1.03 bits per heavy atom. The molecule has 0 bridgehead atoms. The maximum absolute atomic E-state index is 13.3. The number of hydrogen-bond donors (Lipinski definition) is 1. The van der Waals surface area contributed by atoms with E-state index >= 15 is 0 Å². The number of anilines is 1. The number of hydrogen-bond acceptors (Lipinski definition) is 5. The molecule has 2 heterocycles. The Hall–Kier alpha value is -4.91. The van der Waals surface area contributed by atoms with Crippen LogP contribution in [0.2, 0.25) is 0 Å². The van der Waals surface area contributed by atoms with Crippen LogP contribution in [0.5, 0.6) is 11.6 Å². The lowest BCUT2D eigenvalue weighted by Gasteiger charge is -2.19. The summed E-state index contributed by atoms with van der Waals surface area (Å²) in [6.07, 6.45) is -2.13. The van der Waals surface area contributed by atoms with Gasteiger partial charge in [0.2, 0.25) is 5.88 Å². The van der Waals surface area contributed by atoms with Crippen LogP contribution in [0.3, 0.4) is 0 Å². The molecule has 0 saturated carbocycles. The van der Waals surface area contributed by atoms with Gasteiger partial charge in [0.1, 0.15) is 28.6 Å². The van der Waals surface area contributed by atoms with E-state index in [4.69, 9.17) is 4.74 Å². The summed E-state index contributed by atoms with van der Waals surface area (Å²) in [5, 5.41) is 12.0. The van der Waals surface area contributed by atoms with Gasteiger partial charge in [-0.05, 0) is 59.5 Å². The average molecular weight is 533 g/mol. The van der Waals surface area contributed by atoms with Gasteiger partial charge in [-0.1, -0.05) is 45.0 Å². The van der Waals surface area contributed by atoms with Gasteiger partial charge in [0.15, 0.2) is 0 Å². The molecular formula is C29H23F3N4O3. The van der Waals surface area contributed by atoms with Crippen LogP contribution in [0.4, 0.5) is 18.9 Å². The second kappa shape index (κ2) is 10.5. The topological polar surface area (TPSA) is 96.5 Å². The van der Waals surface area contributed by atoms with E-state index in [1.807, 2.05) is 12.1 Å². The first-order chi connectivity index (χ1) is 18.4. The molecule has 1 amide bonds. The number of nitrogens with one attached hydrogen (secondary N) is 1. The number of pyridine rings is 1. The number of alkyl halides is 3. The second-order valence-corrected chi connectivity index (χ2v) is 9.64. The molecule has 4 aromatic rings. The third kappa shape index (κ3) is 6.15. The van der Waals surface area contributed by atoms with Crippen molar-refractivity contribution in [1.29, 1.82) is 5.26 Å². The van der Waals surface area contributed by atoms with E-state index in [0.29, 0.717) is 5.75 Å². The number of carbonyl (C=O) groups is 1. The molecule has 0 unspecified atom stereocenters. The van der Waals surface area contributed by atoms with E-state index in [2.05, 4.69) is 31.1 Å². The van der Waals surface area contributed by atoms with E-state index in [1.165, 1.54) is 16.7 Å². The van der Waals surface area contributed by atoms with Crippen LogP contribution in [0, 0.1) is 11.3 Å². The standard InChI is InChI=1S/C29H23F3N4O3/c1-28(2,3)19-10-12-22(13-11-19)39-26-23(27(38)36-14-5-4-9-24(36)35-26)15-18(17-33)25(37)34-21-8-6-7-20(16-21)29(30,31)32/h4-16H,1-3H3,(H,34,37)/b18-15-. The van der Waals surface area contributed by atoms with Crippen LogP contribution in [0.25, 0.3) is 11.7 Å². The Balaban J connectivity index is 1.75. The smallest absolute Gasteiger partial charge is 0.416 e. The van der Waals surface area contributed by atoms with Crippen molar-refractivity contribution in [3.63, 3.8) is 0 Å². The van der Waals surface area contributed by atoms with E-state index in [9.17, 15) is 28.0 Å². The fourth-order valence-corrected chi connectivity index (χ4v) is 3.68. The van der Waals surface area contributed by atoms with Crippen LogP contribution in [0.15, 0.2) is 83.3 Å². The Kier molecular flexibility index (Phi) is 7.27. The molecule has 39 heavy (non-hydrogen) atoms. The monoisotopic (exact) mass is 532 g/mol. The highest BCUT2D eigenvalue weighted by Gasteiger charge is 2.30. The number of fused-ring (bicyclic) bond motifs is 1. The largest absolute Gasteiger partial charge is 0.438 e. The highest BCUT2D eigenvalue weighted by molar-refractivity contribution is 6.09. The van der Waals surface area contributed by atoms with E-state index in [-0.39, 0.29) is 28.2 Å². The summed E-state index contributed by atoms with van der Waals surface area (Å²) in [6.45, 7) is 6.18. The summed E-state index contributed by atoms with van der Waals surface area (Å²) in [4.78, 5) is 30.6. The number of halogens is 3. The minimum atomic E-state index is -4.61. The van der Waals surface area contributed by atoms with Crippen molar-refractivity contribution in [2.45, 2.75) is 32.4 Å². The fraction of sp³-hybridized carbons (Fsp3) is 0.172. The quantitative estimate of drug-likeness (QED) is 0.239. The lowest BCUT2D eigenvalue weighted by molar-refractivity contribution is -0.137. The van der Waals surface area contributed by atoms with Crippen molar-refractivity contribution in [2.75, 3.05) is 5.32 Å². The molecule has 1 N–H and O–H groups in total. The number of nitrogens with zero attached hydrogens (tertiary/aromatic N) is 3. The SMILES string of the molecule is CC(C)(C)c1ccc(Oc2nc3ccccn3c(=O)c2/C=C(/C#N)C(=O)Nc2cccc(C(F)(F)F)c2)cc1. The summed E-state index contributed by atoms with van der Waals surface area (Å²) in [5.74, 6) is -0.777. The van der Waals surface area contributed by atoms with Gasteiger partial charge in [0, 0.05) is 11.9 Å². The van der Waals surface area contributed by atoms with Crippen molar-refractivity contribution < 1.29 is 22.7 Å². The molecule has 0 aliphatic rings. The molecular weight excluding hydrogens is 509 g/mol. The number of rotatable bonds is 5. The van der Waals surface area contributed by atoms with Gasteiger partial charge in [0.25, 0.3) is 11.5 Å². The zero-order valence-corrected chi connectivity index (χ0v) is 21.2. The predicted molar refractivity (Wildman–Crippen MR) is 140 cm³/mol. The molecule has 0 fully saturated rings. The van der Waals surface area contributed by atoms with Crippen LogP contribution in [-0.2, 0) is 16.4 Å². The molecule has 0 aliphatic carbocycles. The van der Waals surface area contributed by atoms with Gasteiger partial charge in [-0.15, -0.1) is 0 Å². The van der Waals surface area contributed by atoms with Crippen molar-refractivity contribution in [3.05, 3.63) is 106 Å². The van der Waals surface area contributed by atoms with Crippen LogP contribution >= 0.6 is 0 Å². The molecule has 0 saturated heterocycles. The van der Waals surface area contributed by atoms with Gasteiger partial charge in [-0.2, -0.15) is 23.4 Å². The van der Waals surface area contributed by atoms with Crippen LogP contribution < -0.4 is 15.6 Å². The molecule has 0 radical (unpaired) electrons. The summed E-state index contributed by atoms with van der Waals surface area (Å²) >= 11 is 0. The zero-order valence-electron chi connectivity index (χ0n) is 21.2.